The van der Waals surface area contributed by atoms with Gasteiger partial charge in [0.1, 0.15) is 5.75 Å². The summed E-state index contributed by atoms with van der Waals surface area (Å²) in [4.78, 5) is 21.7. The van der Waals surface area contributed by atoms with Crippen molar-refractivity contribution in [1.29, 1.82) is 0 Å². The Labute approximate surface area is 211 Å². The van der Waals surface area contributed by atoms with Gasteiger partial charge in [-0.25, -0.2) is 9.50 Å². The van der Waals surface area contributed by atoms with Gasteiger partial charge in [0.05, 0.1) is 32.1 Å². The zero-order valence-electron chi connectivity index (χ0n) is 20.9. The second-order valence-electron chi connectivity index (χ2n) is 9.00. The number of hydrogen-bond acceptors (Lipinski definition) is 6. The van der Waals surface area contributed by atoms with Crippen LogP contribution in [0.4, 0.5) is 5.69 Å². The Hall–Kier alpha value is -3.75. The third-order valence-electron chi connectivity index (χ3n) is 6.76. The fourth-order valence-electron chi connectivity index (χ4n) is 4.55. The first-order chi connectivity index (χ1) is 17.5. The van der Waals surface area contributed by atoms with Gasteiger partial charge in [-0.15, -0.1) is 0 Å². The zero-order valence-corrected chi connectivity index (χ0v) is 20.9. The van der Waals surface area contributed by atoms with Crippen LogP contribution in [-0.4, -0.2) is 71.9 Å². The topological polar surface area (TPSA) is 72.2 Å². The van der Waals surface area contributed by atoms with Gasteiger partial charge < -0.3 is 14.4 Å². The maximum atomic E-state index is 13.0. The van der Waals surface area contributed by atoms with Crippen molar-refractivity contribution in [2.24, 2.45) is 0 Å². The molecule has 0 aliphatic carbocycles. The fourth-order valence-corrected chi connectivity index (χ4v) is 4.55. The van der Waals surface area contributed by atoms with E-state index >= 15 is 0 Å². The van der Waals surface area contributed by atoms with Crippen molar-refractivity contribution in [2.45, 2.75) is 19.4 Å². The number of fused-ring (bicyclic) bond motifs is 1. The maximum absolute atomic E-state index is 13.0. The Balaban J connectivity index is 1.30. The van der Waals surface area contributed by atoms with Crippen molar-refractivity contribution >= 4 is 17.2 Å². The van der Waals surface area contributed by atoms with Gasteiger partial charge in [0, 0.05) is 37.8 Å². The van der Waals surface area contributed by atoms with Crippen molar-refractivity contribution in [3.05, 3.63) is 78.1 Å². The predicted molar refractivity (Wildman–Crippen MR) is 139 cm³/mol. The lowest BCUT2D eigenvalue weighted by Crippen LogP contribution is -2.50. The first-order valence-electron chi connectivity index (χ1n) is 12.2. The molecule has 0 spiro atoms. The highest BCUT2D eigenvalue weighted by Gasteiger charge is 2.26. The van der Waals surface area contributed by atoms with Gasteiger partial charge in [-0.1, -0.05) is 18.2 Å². The second kappa shape index (κ2) is 10.5. The summed E-state index contributed by atoms with van der Waals surface area (Å²) >= 11 is 0. The highest BCUT2D eigenvalue weighted by atomic mass is 16.5. The summed E-state index contributed by atoms with van der Waals surface area (Å²) in [6.45, 7) is 4.88. The van der Waals surface area contributed by atoms with E-state index in [-0.39, 0.29) is 11.9 Å². The Bertz CT molecular complexity index is 1330. The normalized spacial score (nSPS) is 15.1. The molecule has 1 aliphatic rings. The highest BCUT2D eigenvalue weighted by molar-refractivity contribution is 5.96. The van der Waals surface area contributed by atoms with Gasteiger partial charge in [0.15, 0.2) is 11.5 Å². The fraction of sp³-hybridized carbons (Fsp3) is 0.321. The Morgan fingerprint density at radius 2 is 1.78 bits per heavy atom. The molecule has 0 bridgehead atoms. The molecule has 1 atom stereocenters. The van der Waals surface area contributed by atoms with Gasteiger partial charge in [-0.05, 0) is 61.0 Å². The predicted octanol–water partition coefficient (Wildman–Crippen LogP) is 3.68. The monoisotopic (exact) mass is 485 g/mol. The van der Waals surface area contributed by atoms with Gasteiger partial charge in [-0.2, -0.15) is 5.10 Å². The van der Waals surface area contributed by atoms with E-state index in [1.807, 2.05) is 85.2 Å². The minimum absolute atomic E-state index is 0.0812. The number of nitrogens with zero attached hydrogens (tertiary/aromatic N) is 5. The molecule has 4 aromatic rings. The van der Waals surface area contributed by atoms with E-state index in [2.05, 4.69) is 4.90 Å². The lowest BCUT2D eigenvalue weighted by molar-refractivity contribution is -0.124. The van der Waals surface area contributed by atoms with Crippen LogP contribution in [0.3, 0.4) is 0 Å². The number of hydrogen-bond donors (Lipinski definition) is 0. The first-order valence-corrected chi connectivity index (χ1v) is 12.2. The molecule has 2 aromatic carbocycles. The molecule has 186 valence electrons. The number of carbonyl (C=O) groups excluding carboxylic acids is 1. The number of ether oxygens (including phenoxy) is 2. The molecule has 8 heteroatoms. The number of carbonyl (C=O) groups is 1. The summed E-state index contributed by atoms with van der Waals surface area (Å²) in [7, 11) is 3.49. The Morgan fingerprint density at radius 3 is 2.47 bits per heavy atom. The van der Waals surface area contributed by atoms with E-state index in [0.717, 1.165) is 52.8 Å². The zero-order chi connectivity index (χ0) is 25.1. The summed E-state index contributed by atoms with van der Waals surface area (Å²) in [5.41, 5.74) is 4.77. The molecule has 1 aliphatic heterocycles. The average Bonchev–Trinajstić information content (AvgIpc) is 3.35. The van der Waals surface area contributed by atoms with Crippen LogP contribution in [-0.2, 0) is 16.0 Å². The van der Waals surface area contributed by atoms with E-state index in [4.69, 9.17) is 19.6 Å². The lowest BCUT2D eigenvalue weighted by Gasteiger charge is -2.33. The quantitative estimate of drug-likeness (QED) is 0.398. The molecule has 1 unspecified atom stereocenters. The molecule has 3 heterocycles. The van der Waals surface area contributed by atoms with Crippen LogP contribution in [0.15, 0.2) is 66.7 Å². The number of morpholine rings is 1. The molecule has 2 aromatic heterocycles. The van der Waals surface area contributed by atoms with E-state index in [1.54, 1.807) is 12.0 Å². The number of benzene rings is 2. The van der Waals surface area contributed by atoms with Crippen LogP contribution in [0.5, 0.6) is 5.75 Å². The third kappa shape index (κ3) is 4.96. The number of anilines is 1. The number of likely N-dealkylation sites (N-methyl/N-ethyl adjacent to an activating group) is 1. The van der Waals surface area contributed by atoms with Crippen molar-refractivity contribution in [2.75, 3.05) is 45.4 Å². The molecule has 36 heavy (non-hydrogen) atoms. The largest absolute Gasteiger partial charge is 0.497 e. The van der Waals surface area contributed by atoms with E-state index in [1.165, 1.54) is 0 Å². The van der Waals surface area contributed by atoms with Crippen LogP contribution in [0.2, 0.25) is 0 Å². The SMILES string of the molecule is COc1ccc(-c2cccc3nc(Cc4ccc(N(C)C(=O)C(C)N5CCOCC5)cc4)nn23)cc1. The summed E-state index contributed by atoms with van der Waals surface area (Å²) in [5, 5.41) is 4.78. The van der Waals surface area contributed by atoms with Gasteiger partial charge >= 0.3 is 0 Å². The van der Waals surface area contributed by atoms with Gasteiger partial charge in [-0.3, -0.25) is 9.69 Å². The van der Waals surface area contributed by atoms with Crippen LogP contribution < -0.4 is 9.64 Å². The number of methoxy groups -OCH3 is 1. The molecule has 1 saturated heterocycles. The molecule has 5 rings (SSSR count). The van der Waals surface area contributed by atoms with E-state index in [0.29, 0.717) is 19.6 Å². The van der Waals surface area contributed by atoms with Crippen molar-refractivity contribution in [3.63, 3.8) is 0 Å². The van der Waals surface area contributed by atoms with Crippen molar-refractivity contribution < 1.29 is 14.3 Å². The second-order valence-corrected chi connectivity index (χ2v) is 9.00. The molecule has 0 N–H and O–H groups in total. The summed E-state index contributed by atoms with van der Waals surface area (Å²) < 4.78 is 12.6. The van der Waals surface area contributed by atoms with Crippen LogP contribution >= 0.6 is 0 Å². The molecular weight excluding hydrogens is 454 g/mol. The number of aromatic nitrogens is 3. The standard InChI is InChI=1S/C28H31N5O3/c1-20(32-15-17-36-18-16-32)28(34)31(2)23-11-7-21(8-12-23)19-26-29-27-6-4-5-25(33(27)30-26)22-9-13-24(35-3)14-10-22/h4-14,20H,15-19H2,1-3H3. The number of pyridine rings is 1. The number of rotatable bonds is 7. The highest BCUT2D eigenvalue weighted by Crippen LogP contribution is 2.24. The first kappa shape index (κ1) is 24.0. The smallest absolute Gasteiger partial charge is 0.243 e. The average molecular weight is 486 g/mol. The Kier molecular flexibility index (Phi) is 6.97. The minimum Gasteiger partial charge on any atom is -0.497 e. The molecule has 1 amide bonds. The summed E-state index contributed by atoms with van der Waals surface area (Å²) in [6.07, 6.45) is 0.603. The molecular formula is C28H31N5O3. The minimum atomic E-state index is -0.180. The van der Waals surface area contributed by atoms with E-state index < -0.39 is 0 Å². The summed E-state index contributed by atoms with van der Waals surface area (Å²) in [6, 6.07) is 21.8. The lowest BCUT2D eigenvalue weighted by atomic mass is 10.1. The van der Waals surface area contributed by atoms with Crippen LogP contribution in [0.1, 0.15) is 18.3 Å². The van der Waals surface area contributed by atoms with Crippen molar-refractivity contribution in [3.8, 4) is 17.0 Å². The van der Waals surface area contributed by atoms with Crippen LogP contribution in [0, 0.1) is 0 Å². The van der Waals surface area contributed by atoms with Gasteiger partial charge in [0.2, 0.25) is 5.91 Å². The Morgan fingerprint density at radius 1 is 1.06 bits per heavy atom. The molecule has 0 saturated carbocycles. The third-order valence-corrected chi connectivity index (χ3v) is 6.76. The molecule has 8 nitrogen and oxygen atoms in total. The maximum Gasteiger partial charge on any atom is 0.243 e. The van der Waals surface area contributed by atoms with Crippen molar-refractivity contribution in [1.82, 2.24) is 19.5 Å². The van der Waals surface area contributed by atoms with Crippen LogP contribution in [0.25, 0.3) is 16.9 Å². The van der Waals surface area contributed by atoms with E-state index in [9.17, 15) is 4.79 Å². The summed E-state index contributed by atoms with van der Waals surface area (Å²) in [5.74, 6) is 1.64. The molecule has 1 fully saturated rings. The number of amides is 1. The molecule has 0 radical (unpaired) electrons. The van der Waals surface area contributed by atoms with Gasteiger partial charge in [0.25, 0.3) is 0 Å².